The highest BCUT2D eigenvalue weighted by Crippen LogP contribution is 2.36. The molecular formula is C17H17NOS. The fraction of sp³-hybridized carbons (Fsp3) is 0.176. The van der Waals surface area contributed by atoms with E-state index < -0.39 is 0 Å². The lowest BCUT2D eigenvalue weighted by atomic mass is 9.97. The normalized spacial score (nSPS) is 12.5. The summed E-state index contributed by atoms with van der Waals surface area (Å²) < 4.78 is 5.79. The summed E-state index contributed by atoms with van der Waals surface area (Å²) in [6, 6.07) is 16.4. The number of fused-ring (bicyclic) bond motifs is 1. The molecule has 20 heavy (non-hydrogen) atoms. The van der Waals surface area contributed by atoms with Crippen LogP contribution in [0.5, 0.6) is 5.75 Å². The van der Waals surface area contributed by atoms with Gasteiger partial charge in [0.2, 0.25) is 0 Å². The van der Waals surface area contributed by atoms with Crippen molar-refractivity contribution in [3.8, 4) is 5.75 Å². The van der Waals surface area contributed by atoms with Gasteiger partial charge in [0.25, 0.3) is 0 Å². The van der Waals surface area contributed by atoms with Gasteiger partial charge in [-0.25, -0.2) is 0 Å². The Balaban J connectivity index is 2.21. The maximum atomic E-state index is 6.49. The third-order valence-corrected chi connectivity index (χ3v) is 4.35. The Morgan fingerprint density at radius 3 is 2.70 bits per heavy atom. The molecule has 0 aliphatic heterocycles. The standard InChI is InChI=1S/C17H17NOS/c1-2-19-14-10-9-12-6-3-4-7-13(12)16(14)17(18)15-8-5-11-20-15/h3-11,17H,2,18H2,1H3/t17-/m1/s1. The molecule has 102 valence electrons. The molecular weight excluding hydrogens is 266 g/mol. The van der Waals surface area contributed by atoms with E-state index in [4.69, 9.17) is 10.5 Å². The van der Waals surface area contributed by atoms with E-state index >= 15 is 0 Å². The number of hydrogen-bond donors (Lipinski definition) is 1. The second-order valence-corrected chi connectivity index (χ2v) is 5.60. The monoisotopic (exact) mass is 283 g/mol. The van der Waals surface area contributed by atoms with Gasteiger partial charge in [0.1, 0.15) is 5.75 Å². The second-order valence-electron chi connectivity index (χ2n) is 4.62. The highest BCUT2D eigenvalue weighted by molar-refractivity contribution is 7.10. The predicted octanol–water partition coefficient (Wildman–Crippen LogP) is 4.35. The number of rotatable bonds is 4. The van der Waals surface area contributed by atoms with Crippen LogP contribution in [0.1, 0.15) is 23.4 Å². The lowest BCUT2D eigenvalue weighted by molar-refractivity contribution is 0.336. The Labute approximate surface area is 122 Å². The van der Waals surface area contributed by atoms with Crippen LogP contribution in [0, 0.1) is 0 Å². The van der Waals surface area contributed by atoms with Gasteiger partial charge in [-0.15, -0.1) is 11.3 Å². The van der Waals surface area contributed by atoms with Crippen molar-refractivity contribution < 1.29 is 4.74 Å². The molecule has 1 atom stereocenters. The maximum Gasteiger partial charge on any atom is 0.125 e. The van der Waals surface area contributed by atoms with Crippen LogP contribution in [0.25, 0.3) is 10.8 Å². The van der Waals surface area contributed by atoms with E-state index in [1.165, 1.54) is 10.8 Å². The molecule has 0 amide bonds. The van der Waals surface area contributed by atoms with Crippen molar-refractivity contribution in [3.63, 3.8) is 0 Å². The fourth-order valence-electron chi connectivity index (χ4n) is 2.49. The van der Waals surface area contributed by atoms with E-state index in [9.17, 15) is 0 Å². The minimum atomic E-state index is -0.150. The molecule has 2 aromatic carbocycles. The molecule has 1 aromatic heterocycles. The summed E-state index contributed by atoms with van der Waals surface area (Å²) in [7, 11) is 0. The maximum absolute atomic E-state index is 6.49. The van der Waals surface area contributed by atoms with Crippen molar-refractivity contribution in [2.75, 3.05) is 6.61 Å². The summed E-state index contributed by atoms with van der Waals surface area (Å²) in [4.78, 5) is 1.15. The van der Waals surface area contributed by atoms with Crippen LogP contribution >= 0.6 is 11.3 Å². The molecule has 3 rings (SSSR count). The molecule has 0 saturated heterocycles. The molecule has 0 saturated carbocycles. The zero-order valence-corrected chi connectivity index (χ0v) is 12.2. The largest absolute Gasteiger partial charge is 0.493 e. The third-order valence-electron chi connectivity index (χ3n) is 3.39. The van der Waals surface area contributed by atoms with Crippen molar-refractivity contribution in [2.24, 2.45) is 5.73 Å². The van der Waals surface area contributed by atoms with E-state index in [1.54, 1.807) is 11.3 Å². The summed E-state index contributed by atoms with van der Waals surface area (Å²) in [5.74, 6) is 0.882. The van der Waals surface area contributed by atoms with Crippen LogP contribution < -0.4 is 10.5 Å². The number of nitrogens with two attached hydrogens (primary N) is 1. The predicted molar refractivity (Wildman–Crippen MR) is 85.5 cm³/mol. The van der Waals surface area contributed by atoms with Crippen LogP contribution in [-0.4, -0.2) is 6.61 Å². The molecule has 0 radical (unpaired) electrons. The van der Waals surface area contributed by atoms with Gasteiger partial charge in [0.15, 0.2) is 0 Å². The Kier molecular flexibility index (Phi) is 3.72. The van der Waals surface area contributed by atoms with Crippen molar-refractivity contribution in [3.05, 3.63) is 64.4 Å². The second kappa shape index (κ2) is 5.65. The summed E-state index contributed by atoms with van der Waals surface area (Å²) >= 11 is 1.68. The van der Waals surface area contributed by atoms with Gasteiger partial charge in [-0.1, -0.05) is 36.4 Å². The molecule has 0 bridgehead atoms. The van der Waals surface area contributed by atoms with Gasteiger partial charge in [-0.05, 0) is 35.2 Å². The van der Waals surface area contributed by atoms with E-state index in [0.29, 0.717) is 6.61 Å². The number of hydrogen-bond acceptors (Lipinski definition) is 3. The van der Waals surface area contributed by atoms with Crippen LogP contribution in [0.4, 0.5) is 0 Å². The fourth-order valence-corrected chi connectivity index (χ4v) is 3.22. The Morgan fingerprint density at radius 1 is 1.10 bits per heavy atom. The molecule has 2 N–H and O–H groups in total. The van der Waals surface area contributed by atoms with Crippen molar-refractivity contribution in [1.29, 1.82) is 0 Å². The first-order valence-electron chi connectivity index (χ1n) is 6.74. The van der Waals surface area contributed by atoms with Gasteiger partial charge in [0, 0.05) is 10.4 Å². The first-order valence-corrected chi connectivity index (χ1v) is 7.62. The SMILES string of the molecule is CCOc1ccc2ccccc2c1[C@H](N)c1cccs1. The van der Waals surface area contributed by atoms with Gasteiger partial charge in [-0.3, -0.25) is 0 Å². The molecule has 0 unspecified atom stereocenters. The number of ether oxygens (including phenoxy) is 1. The highest BCUT2D eigenvalue weighted by Gasteiger charge is 2.18. The van der Waals surface area contributed by atoms with E-state index in [0.717, 1.165) is 16.2 Å². The molecule has 2 nitrogen and oxygen atoms in total. The minimum Gasteiger partial charge on any atom is -0.493 e. The van der Waals surface area contributed by atoms with E-state index in [-0.39, 0.29) is 6.04 Å². The van der Waals surface area contributed by atoms with Crippen LogP contribution in [0.2, 0.25) is 0 Å². The molecule has 0 aliphatic carbocycles. The molecule has 0 spiro atoms. The average molecular weight is 283 g/mol. The molecule has 0 aliphatic rings. The summed E-state index contributed by atoms with van der Waals surface area (Å²) in [6.45, 7) is 2.64. The summed E-state index contributed by atoms with van der Waals surface area (Å²) in [5, 5.41) is 4.41. The first-order chi connectivity index (χ1) is 9.81. The number of benzene rings is 2. The van der Waals surface area contributed by atoms with Gasteiger partial charge in [-0.2, -0.15) is 0 Å². The topological polar surface area (TPSA) is 35.2 Å². The van der Waals surface area contributed by atoms with Gasteiger partial charge >= 0.3 is 0 Å². The number of thiophene rings is 1. The zero-order valence-electron chi connectivity index (χ0n) is 11.4. The first kappa shape index (κ1) is 13.2. The van der Waals surface area contributed by atoms with Crippen molar-refractivity contribution in [1.82, 2.24) is 0 Å². The zero-order chi connectivity index (χ0) is 13.9. The van der Waals surface area contributed by atoms with Crippen molar-refractivity contribution >= 4 is 22.1 Å². The van der Waals surface area contributed by atoms with Gasteiger partial charge < -0.3 is 10.5 Å². The summed E-state index contributed by atoms with van der Waals surface area (Å²) in [5.41, 5.74) is 7.56. The van der Waals surface area contributed by atoms with Gasteiger partial charge in [0.05, 0.1) is 12.6 Å². The lowest BCUT2D eigenvalue weighted by Crippen LogP contribution is -2.13. The molecule has 3 heteroatoms. The Hall–Kier alpha value is -1.84. The third kappa shape index (κ3) is 2.30. The Bertz CT molecular complexity index is 706. The highest BCUT2D eigenvalue weighted by atomic mass is 32.1. The minimum absolute atomic E-state index is 0.150. The van der Waals surface area contributed by atoms with Crippen molar-refractivity contribution in [2.45, 2.75) is 13.0 Å². The van der Waals surface area contributed by atoms with E-state index in [2.05, 4.69) is 29.6 Å². The lowest BCUT2D eigenvalue weighted by Gasteiger charge is -2.18. The Morgan fingerprint density at radius 2 is 1.95 bits per heavy atom. The van der Waals surface area contributed by atoms with Crippen LogP contribution in [-0.2, 0) is 0 Å². The summed E-state index contributed by atoms with van der Waals surface area (Å²) in [6.07, 6.45) is 0. The molecule has 3 aromatic rings. The average Bonchev–Trinajstić information content (AvgIpc) is 3.01. The van der Waals surface area contributed by atoms with Crippen LogP contribution in [0.15, 0.2) is 53.9 Å². The smallest absolute Gasteiger partial charge is 0.125 e. The van der Waals surface area contributed by atoms with Crippen LogP contribution in [0.3, 0.4) is 0 Å². The quantitative estimate of drug-likeness (QED) is 0.772. The molecule has 0 fully saturated rings. The molecule has 1 heterocycles. The van der Waals surface area contributed by atoms with E-state index in [1.807, 2.05) is 31.2 Å².